The van der Waals surface area contributed by atoms with Gasteiger partial charge in [0.1, 0.15) is 26.3 Å². The molecular formula is C35H63N3O12. The molecule has 0 aliphatic rings. The minimum atomic E-state index is -1.18. The molecule has 0 unspecified atom stereocenters. The molecule has 0 aromatic rings. The third kappa shape index (κ3) is 34.7. The Labute approximate surface area is 297 Å². The Balaban J connectivity index is 3.78. The second-order valence-corrected chi connectivity index (χ2v) is 12.2. The number of Topliss-reactive ketones (excluding diaryl/α,β-unsaturated/α-hetero) is 1. The average Bonchev–Trinajstić information content (AvgIpc) is 3.06. The molecule has 3 amide bonds. The third-order valence-electron chi connectivity index (χ3n) is 7.46. The van der Waals surface area contributed by atoms with Crippen LogP contribution in [0.4, 0.5) is 0 Å². The van der Waals surface area contributed by atoms with E-state index in [2.05, 4.69) is 10.6 Å². The number of ether oxygens (including phenoxy) is 4. The highest BCUT2D eigenvalue weighted by Crippen LogP contribution is 2.14. The highest BCUT2D eigenvalue weighted by atomic mass is 16.5. The van der Waals surface area contributed by atoms with Gasteiger partial charge in [-0.25, -0.2) is 0 Å². The zero-order valence-electron chi connectivity index (χ0n) is 30.2. The molecule has 0 fully saturated rings. The van der Waals surface area contributed by atoms with Crippen molar-refractivity contribution in [3.63, 3.8) is 0 Å². The van der Waals surface area contributed by atoms with Gasteiger partial charge in [0.15, 0.2) is 5.78 Å². The fourth-order valence-corrected chi connectivity index (χ4v) is 4.85. The van der Waals surface area contributed by atoms with Crippen LogP contribution in [0.15, 0.2) is 0 Å². The summed E-state index contributed by atoms with van der Waals surface area (Å²) in [5, 5.41) is 23.1. The lowest BCUT2D eigenvalue weighted by Crippen LogP contribution is -2.43. The molecule has 0 spiro atoms. The number of carbonyl (C=O) groups is 6. The Hall–Kier alpha value is -3.14. The van der Waals surface area contributed by atoms with Crippen molar-refractivity contribution in [3.05, 3.63) is 0 Å². The molecule has 0 atom stereocenters. The van der Waals surface area contributed by atoms with Crippen LogP contribution in [-0.2, 0) is 47.7 Å². The van der Waals surface area contributed by atoms with Crippen LogP contribution in [0.5, 0.6) is 0 Å². The Kier molecular flexibility index (Phi) is 32.2. The van der Waals surface area contributed by atoms with E-state index in [1.54, 1.807) is 0 Å². The van der Waals surface area contributed by atoms with Gasteiger partial charge in [0, 0.05) is 25.9 Å². The SMILES string of the molecule is CC(=O)COCCOCCNC(=O)COCCOCCNC(=O)CN(CC(=O)O)C(=O)CCCCCCCCCCCCCCCCC(=O)O. The van der Waals surface area contributed by atoms with Crippen LogP contribution in [0, 0.1) is 0 Å². The first-order chi connectivity index (χ1) is 24.1. The molecule has 0 radical (unpaired) electrons. The third-order valence-corrected chi connectivity index (χ3v) is 7.46. The topological polar surface area (TPSA) is 207 Å². The van der Waals surface area contributed by atoms with E-state index in [1.807, 2.05) is 0 Å². The lowest BCUT2D eigenvalue weighted by Gasteiger charge is -2.20. The smallest absolute Gasteiger partial charge is 0.323 e. The first-order valence-electron chi connectivity index (χ1n) is 18.2. The predicted octanol–water partition coefficient (Wildman–Crippen LogP) is 3.11. The van der Waals surface area contributed by atoms with Crippen LogP contribution < -0.4 is 10.6 Å². The van der Waals surface area contributed by atoms with Gasteiger partial charge in [0.25, 0.3) is 0 Å². The van der Waals surface area contributed by atoms with E-state index in [1.165, 1.54) is 45.4 Å². The number of unbranched alkanes of at least 4 members (excludes halogenated alkanes) is 13. The summed E-state index contributed by atoms with van der Waals surface area (Å²) in [6.45, 7) is 2.44. The van der Waals surface area contributed by atoms with Gasteiger partial charge in [-0.1, -0.05) is 77.0 Å². The van der Waals surface area contributed by atoms with Gasteiger partial charge in [-0.2, -0.15) is 0 Å². The largest absolute Gasteiger partial charge is 0.481 e. The average molecular weight is 718 g/mol. The van der Waals surface area contributed by atoms with E-state index < -0.39 is 24.4 Å². The fourth-order valence-electron chi connectivity index (χ4n) is 4.85. The zero-order valence-corrected chi connectivity index (χ0v) is 30.2. The van der Waals surface area contributed by atoms with Crippen molar-refractivity contribution in [2.45, 2.75) is 110 Å². The summed E-state index contributed by atoms with van der Waals surface area (Å²) in [6, 6.07) is 0. The van der Waals surface area contributed by atoms with Gasteiger partial charge in [0.2, 0.25) is 17.7 Å². The van der Waals surface area contributed by atoms with Crippen LogP contribution in [-0.4, -0.2) is 130 Å². The van der Waals surface area contributed by atoms with Crippen molar-refractivity contribution >= 4 is 35.4 Å². The van der Waals surface area contributed by atoms with Crippen LogP contribution in [0.3, 0.4) is 0 Å². The molecule has 15 nitrogen and oxygen atoms in total. The molecule has 0 aromatic carbocycles. The first-order valence-corrected chi connectivity index (χ1v) is 18.2. The summed E-state index contributed by atoms with van der Waals surface area (Å²) in [4.78, 5) is 70.2. The second-order valence-electron chi connectivity index (χ2n) is 12.2. The maximum atomic E-state index is 12.6. The maximum Gasteiger partial charge on any atom is 0.323 e. The highest BCUT2D eigenvalue weighted by molar-refractivity contribution is 5.87. The number of rotatable bonds is 37. The monoisotopic (exact) mass is 717 g/mol. The summed E-state index contributed by atoms with van der Waals surface area (Å²) >= 11 is 0. The Bertz CT molecular complexity index is 935. The number of nitrogens with one attached hydrogen (secondary N) is 2. The van der Waals surface area contributed by atoms with Crippen LogP contribution in [0.2, 0.25) is 0 Å². The standard InChI is InChI=1S/C35H63N3O12/c1-30(39)28-49-24-22-48-21-19-37-32(41)29-50-25-23-47-20-18-36-31(40)26-38(27-35(45)46)33(42)16-14-12-10-8-6-4-2-3-5-7-9-11-13-15-17-34(43)44/h2-29H2,1H3,(H,36,40)(H,37,41)(H,43,44)(H,45,46). The summed E-state index contributed by atoms with van der Waals surface area (Å²) < 4.78 is 20.9. The van der Waals surface area contributed by atoms with Gasteiger partial charge in [-0.15, -0.1) is 0 Å². The minimum Gasteiger partial charge on any atom is -0.481 e. The maximum absolute atomic E-state index is 12.6. The number of amides is 3. The molecule has 0 rings (SSSR count). The molecule has 0 saturated heterocycles. The molecule has 50 heavy (non-hydrogen) atoms. The number of aliphatic carboxylic acids is 2. The fraction of sp³-hybridized carbons (Fsp3) is 0.829. The van der Waals surface area contributed by atoms with Gasteiger partial charge in [-0.05, 0) is 19.8 Å². The number of carbonyl (C=O) groups excluding carboxylic acids is 4. The van der Waals surface area contributed by atoms with Gasteiger partial charge in [-0.3, -0.25) is 28.8 Å². The van der Waals surface area contributed by atoms with Crippen molar-refractivity contribution in [2.24, 2.45) is 0 Å². The normalized spacial score (nSPS) is 10.9. The van der Waals surface area contributed by atoms with Crippen LogP contribution >= 0.6 is 0 Å². The van der Waals surface area contributed by atoms with Crippen molar-refractivity contribution in [2.75, 3.05) is 79.0 Å². The number of carboxylic acid groups (broad SMARTS) is 2. The van der Waals surface area contributed by atoms with E-state index in [-0.39, 0.29) is 76.6 Å². The molecule has 0 aliphatic heterocycles. The number of ketones is 1. The molecule has 15 heteroatoms. The van der Waals surface area contributed by atoms with E-state index in [4.69, 9.17) is 24.1 Å². The van der Waals surface area contributed by atoms with Crippen molar-refractivity contribution in [1.29, 1.82) is 0 Å². The van der Waals surface area contributed by atoms with E-state index in [9.17, 15) is 33.9 Å². The summed E-state index contributed by atoms with van der Waals surface area (Å²) in [5.41, 5.74) is 0. The summed E-state index contributed by atoms with van der Waals surface area (Å²) in [5.74, 6) is -3.08. The van der Waals surface area contributed by atoms with Gasteiger partial charge < -0.3 is 44.7 Å². The minimum absolute atomic E-state index is 0.0541. The van der Waals surface area contributed by atoms with Gasteiger partial charge >= 0.3 is 11.9 Å². The molecule has 0 bridgehead atoms. The number of hydrogen-bond acceptors (Lipinski definition) is 10. The van der Waals surface area contributed by atoms with Crippen molar-refractivity contribution < 1.29 is 57.9 Å². The summed E-state index contributed by atoms with van der Waals surface area (Å²) in [7, 11) is 0. The highest BCUT2D eigenvalue weighted by Gasteiger charge is 2.19. The Morgan fingerprint density at radius 1 is 0.480 bits per heavy atom. The van der Waals surface area contributed by atoms with E-state index in [0.29, 0.717) is 32.8 Å². The molecular weight excluding hydrogens is 654 g/mol. The molecule has 0 saturated carbocycles. The molecule has 0 aliphatic carbocycles. The Morgan fingerprint density at radius 3 is 1.36 bits per heavy atom. The molecule has 0 aromatic heterocycles. The number of hydrogen-bond donors (Lipinski definition) is 4. The number of carboxylic acids is 2. The van der Waals surface area contributed by atoms with Crippen molar-refractivity contribution in [3.8, 4) is 0 Å². The van der Waals surface area contributed by atoms with Crippen LogP contribution in [0.25, 0.3) is 0 Å². The molecule has 4 N–H and O–H groups in total. The number of nitrogens with zero attached hydrogens (tertiary/aromatic N) is 1. The molecule has 290 valence electrons. The lowest BCUT2D eigenvalue weighted by atomic mass is 10.0. The van der Waals surface area contributed by atoms with Crippen molar-refractivity contribution in [1.82, 2.24) is 15.5 Å². The zero-order chi connectivity index (χ0) is 37.1. The van der Waals surface area contributed by atoms with Crippen LogP contribution in [0.1, 0.15) is 110 Å². The van der Waals surface area contributed by atoms with Gasteiger partial charge in [0.05, 0.1) is 39.6 Å². The second kappa shape index (κ2) is 34.3. The van der Waals surface area contributed by atoms with E-state index >= 15 is 0 Å². The Morgan fingerprint density at radius 2 is 0.900 bits per heavy atom. The quantitative estimate of drug-likeness (QED) is 0.0684. The molecule has 0 heterocycles. The van der Waals surface area contributed by atoms with E-state index in [0.717, 1.165) is 49.8 Å². The summed E-state index contributed by atoms with van der Waals surface area (Å²) in [6.07, 6.45) is 15.4. The lowest BCUT2D eigenvalue weighted by molar-refractivity contribution is -0.146. The predicted molar refractivity (Wildman–Crippen MR) is 186 cm³/mol. The first kappa shape index (κ1) is 46.9.